The molecule has 146 valence electrons. The summed E-state index contributed by atoms with van der Waals surface area (Å²) in [5, 5.41) is 3.73. The van der Waals surface area contributed by atoms with Crippen molar-refractivity contribution in [2.45, 2.75) is 6.18 Å². The van der Waals surface area contributed by atoms with Gasteiger partial charge in [0.25, 0.3) is 0 Å². The fourth-order valence-corrected chi connectivity index (χ4v) is 2.95. The number of alkyl halides is 3. The summed E-state index contributed by atoms with van der Waals surface area (Å²) in [5.74, 6) is 1.60. The van der Waals surface area contributed by atoms with Crippen molar-refractivity contribution in [1.29, 1.82) is 0 Å². The van der Waals surface area contributed by atoms with Crippen LogP contribution < -0.4 is 10.1 Å². The van der Waals surface area contributed by atoms with Gasteiger partial charge in [0.05, 0.1) is 18.2 Å². The van der Waals surface area contributed by atoms with Gasteiger partial charge in [-0.2, -0.15) is 13.2 Å². The van der Waals surface area contributed by atoms with Gasteiger partial charge >= 0.3 is 6.18 Å². The zero-order chi connectivity index (χ0) is 20.4. The van der Waals surface area contributed by atoms with E-state index in [0.29, 0.717) is 34.0 Å². The van der Waals surface area contributed by atoms with Crippen molar-refractivity contribution >= 4 is 22.4 Å². The minimum Gasteiger partial charge on any atom is -0.497 e. The van der Waals surface area contributed by atoms with Crippen molar-refractivity contribution < 1.29 is 17.9 Å². The Morgan fingerprint density at radius 3 is 2.34 bits per heavy atom. The quantitative estimate of drug-likeness (QED) is 0.456. The van der Waals surface area contributed by atoms with Gasteiger partial charge < -0.3 is 10.1 Å². The van der Waals surface area contributed by atoms with Crippen LogP contribution in [-0.4, -0.2) is 17.1 Å². The second kappa shape index (κ2) is 7.43. The summed E-state index contributed by atoms with van der Waals surface area (Å²) in [6.07, 6.45) is -4.42. The molecule has 4 aromatic rings. The van der Waals surface area contributed by atoms with E-state index in [-0.39, 0.29) is 0 Å². The molecule has 0 fully saturated rings. The predicted molar refractivity (Wildman–Crippen MR) is 106 cm³/mol. The molecule has 0 bridgehead atoms. The summed E-state index contributed by atoms with van der Waals surface area (Å²) in [4.78, 5) is 9.16. The van der Waals surface area contributed by atoms with Crippen LogP contribution in [0.25, 0.3) is 22.3 Å². The number of rotatable bonds is 4. The molecular weight excluding hydrogens is 379 g/mol. The topological polar surface area (TPSA) is 47.0 Å². The Balaban J connectivity index is 1.79. The Morgan fingerprint density at radius 1 is 0.862 bits per heavy atom. The number of ether oxygens (including phenoxy) is 1. The standard InChI is InChI=1S/C22H16F3N3O/c1-29-17-11-9-14(10-12-17)20-27-19-8-3-2-7-18(19)21(28-20)26-16-6-4-5-15(13-16)22(23,24)25/h2-13H,1H3,(H,26,27,28). The SMILES string of the molecule is COc1ccc(-c2nc(Nc3cccc(C(F)(F)F)c3)c3ccccc3n2)cc1. The number of aromatic nitrogens is 2. The number of hydrogen-bond donors (Lipinski definition) is 1. The van der Waals surface area contributed by atoms with Crippen LogP contribution in [0.1, 0.15) is 5.56 Å². The van der Waals surface area contributed by atoms with Crippen molar-refractivity contribution in [3.63, 3.8) is 0 Å². The maximum absolute atomic E-state index is 13.0. The van der Waals surface area contributed by atoms with Gasteiger partial charge in [0.2, 0.25) is 0 Å². The van der Waals surface area contributed by atoms with Crippen molar-refractivity contribution in [3.8, 4) is 17.1 Å². The van der Waals surface area contributed by atoms with Crippen LogP contribution in [0.2, 0.25) is 0 Å². The zero-order valence-electron chi connectivity index (χ0n) is 15.4. The molecule has 1 aromatic heterocycles. The zero-order valence-corrected chi connectivity index (χ0v) is 15.4. The molecule has 29 heavy (non-hydrogen) atoms. The van der Waals surface area contributed by atoms with E-state index in [9.17, 15) is 13.2 Å². The number of nitrogens with zero attached hydrogens (tertiary/aromatic N) is 2. The lowest BCUT2D eigenvalue weighted by atomic mass is 10.1. The first-order valence-electron chi connectivity index (χ1n) is 8.79. The predicted octanol–water partition coefficient (Wildman–Crippen LogP) is 6.07. The lowest BCUT2D eigenvalue weighted by Gasteiger charge is -2.13. The molecule has 1 heterocycles. The number of benzene rings is 3. The van der Waals surface area contributed by atoms with Gasteiger partial charge in [0.1, 0.15) is 11.6 Å². The average Bonchev–Trinajstić information content (AvgIpc) is 2.73. The Kier molecular flexibility index (Phi) is 4.80. The highest BCUT2D eigenvalue weighted by atomic mass is 19.4. The van der Waals surface area contributed by atoms with Crippen molar-refractivity contribution in [2.75, 3.05) is 12.4 Å². The number of hydrogen-bond acceptors (Lipinski definition) is 4. The van der Waals surface area contributed by atoms with Crippen molar-refractivity contribution in [3.05, 3.63) is 78.4 Å². The molecule has 3 aromatic carbocycles. The summed E-state index contributed by atoms with van der Waals surface area (Å²) in [5.41, 5.74) is 1.02. The second-order valence-corrected chi connectivity index (χ2v) is 6.35. The van der Waals surface area contributed by atoms with Gasteiger partial charge in [-0.05, 0) is 54.6 Å². The number of para-hydroxylation sites is 1. The number of nitrogens with one attached hydrogen (secondary N) is 1. The van der Waals surface area contributed by atoms with Crippen LogP contribution >= 0.6 is 0 Å². The Labute approximate surface area is 165 Å². The van der Waals surface area contributed by atoms with E-state index in [1.54, 1.807) is 25.3 Å². The molecule has 0 atom stereocenters. The van der Waals surface area contributed by atoms with E-state index in [4.69, 9.17) is 4.74 Å². The van der Waals surface area contributed by atoms with E-state index < -0.39 is 11.7 Å². The smallest absolute Gasteiger partial charge is 0.416 e. The summed E-state index contributed by atoms with van der Waals surface area (Å²) in [6, 6.07) is 19.6. The van der Waals surface area contributed by atoms with Crippen LogP contribution in [-0.2, 0) is 6.18 Å². The highest BCUT2D eigenvalue weighted by Gasteiger charge is 2.30. The van der Waals surface area contributed by atoms with Gasteiger partial charge in [0, 0.05) is 16.6 Å². The highest BCUT2D eigenvalue weighted by molar-refractivity contribution is 5.92. The van der Waals surface area contributed by atoms with Crippen LogP contribution in [0.4, 0.5) is 24.7 Å². The van der Waals surface area contributed by atoms with E-state index in [2.05, 4.69) is 15.3 Å². The largest absolute Gasteiger partial charge is 0.497 e. The van der Waals surface area contributed by atoms with E-state index in [1.165, 1.54) is 6.07 Å². The molecule has 0 aliphatic carbocycles. The van der Waals surface area contributed by atoms with Gasteiger partial charge in [-0.1, -0.05) is 18.2 Å². The molecule has 0 radical (unpaired) electrons. The maximum Gasteiger partial charge on any atom is 0.416 e. The first kappa shape index (κ1) is 18.7. The van der Waals surface area contributed by atoms with Gasteiger partial charge in [-0.25, -0.2) is 9.97 Å². The Morgan fingerprint density at radius 2 is 1.62 bits per heavy atom. The van der Waals surface area contributed by atoms with Crippen molar-refractivity contribution in [2.24, 2.45) is 0 Å². The van der Waals surface area contributed by atoms with Crippen LogP contribution in [0.5, 0.6) is 5.75 Å². The first-order valence-corrected chi connectivity index (χ1v) is 8.79. The van der Waals surface area contributed by atoms with Gasteiger partial charge in [-0.3, -0.25) is 0 Å². The molecule has 0 unspecified atom stereocenters. The third-order valence-corrected chi connectivity index (χ3v) is 4.40. The molecule has 0 aliphatic rings. The van der Waals surface area contributed by atoms with Crippen LogP contribution in [0.15, 0.2) is 72.8 Å². The fraction of sp³-hybridized carbons (Fsp3) is 0.0909. The minimum absolute atomic E-state index is 0.296. The number of halogens is 3. The Hall–Kier alpha value is -3.61. The molecule has 0 aliphatic heterocycles. The molecule has 4 nitrogen and oxygen atoms in total. The normalized spacial score (nSPS) is 11.4. The number of fused-ring (bicyclic) bond motifs is 1. The summed E-state index contributed by atoms with van der Waals surface area (Å²) < 4.78 is 44.3. The molecule has 0 saturated carbocycles. The van der Waals surface area contributed by atoms with E-state index in [1.807, 2.05) is 36.4 Å². The lowest BCUT2D eigenvalue weighted by Crippen LogP contribution is -2.05. The molecule has 0 amide bonds. The lowest BCUT2D eigenvalue weighted by molar-refractivity contribution is -0.137. The third-order valence-electron chi connectivity index (χ3n) is 4.40. The average molecular weight is 395 g/mol. The number of anilines is 2. The second-order valence-electron chi connectivity index (χ2n) is 6.35. The third kappa shape index (κ3) is 3.99. The number of methoxy groups -OCH3 is 1. The summed E-state index contributed by atoms with van der Waals surface area (Å²) in [6.45, 7) is 0. The summed E-state index contributed by atoms with van der Waals surface area (Å²) in [7, 11) is 1.58. The Bertz CT molecular complexity index is 1160. The van der Waals surface area contributed by atoms with Crippen LogP contribution in [0.3, 0.4) is 0 Å². The monoisotopic (exact) mass is 395 g/mol. The van der Waals surface area contributed by atoms with Gasteiger partial charge in [0.15, 0.2) is 5.82 Å². The molecule has 7 heteroatoms. The van der Waals surface area contributed by atoms with E-state index >= 15 is 0 Å². The molecule has 0 saturated heterocycles. The highest BCUT2D eigenvalue weighted by Crippen LogP contribution is 2.33. The fourth-order valence-electron chi connectivity index (χ4n) is 2.95. The first-order chi connectivity index (χ1) is 13.9. The molecule has 0 spiro atoms. The minimum atomic E-state index is -4.42. The maximum atomic E-state index is 13.0. The van der Waals surface area contributed by atoms with E-state index in [0.717, 1.165) is 17.7 Å². The van der Waals surface area contributed by atoms with Gasteiger partial charge in [-0.15, -0.1) is 0 Å². The van der Waals surface area contributed by atoms with Crippen LogP contribution in [0, 0.1) is 0 Å². The van der Waals surface area contributed by atoms with Crippen molar-refractivity contribution in [1.82, 2.24) is 9.97 Å². The molecule has 4 rings (SSSR count). The molecular formula is C22H16F3N3O. The summed E-state index contributed by atoms with van der Waals surface area (Å²) >= 11 is 0. The molecule has 1 N–H and O–H groups in total.